The lowest BCUT2D eigenvalue weighted by atomic mass is 10.2. The molecule has 0 aliphatic heterocycles. The monoisotopic (exact) mass is 412 g/mol. The van der Waals surface area contributed by atoms with E-state index in [0.717, 1.165) is 16.4 Å². The van der Waals surface area contributed by atoms with Crippen LogP contribution < -0.4 is 16.6 Å². The molecule has 0 fully saturated rings. The molecule has 148 valence electrons. The van der Waals surface area contributed by atoms with Crippen LogP contribution in [0, 0.1) is 10.1 Å². The van der Waals surface area contributed by atoms with Crippen molar-refractivity contribution in [3.63, 3.8) is 0 Å². The van der Waals surface area contributed by atoms with Crippen LogP contribution >= 0.6 is 11.8 Å². The van der Waals surface area contributed by atoms with Crippen LogP contribution in [0.15, 0.2) is 64.9 Å². The number of anilines is 2. The number of carbonyl (C=O) groups excluding carboxylic acids is 1. The van der Waals surface area contributed by atoms with Gasteiger partial charge >= 0.3 is 0 Å². The second kappa shape index (κ2) is 9.32. The molecule has 0 aliphatic rings. The fraction of sp³-hybridized carbons (Fsp3) is 0.0588. The van der Waals surface area contributed by atoms with Crippen molar-refractivity contribution in [3.8, 4) is 0 Å². The highest BCUT2D eigenvalue weighted by Gasteiger charge is 2.12. The van der Waals surface area contributed by atoms with Crippen molar-refractivity contribution in [2.24, 2.45) is 5.10 Å². The molecule has 12 heteroatoms. The molecule has 0 spiro atoms. The number of nitrogens with one attached hydrogen (secondary N) is 2. The van der Waals surface area contributed by atoms with Gasteiger partial charge in [0.15, 0.2) is 0 Å². The lowest BCUT2D eigenvalue weighted by Crippen LogP contribution is -2.16. The van der Waals surface area contributed by atoms with Gasteiger partial charge in [-0.3, -0.25) is 14.9 Å². The van der Waals surface area contributed by atoms with E-state index in [1.165, 1.54) is 18.3 Å². The summed E-state index contributed by atoms with van der Waals surface area (Å²) in [5.74, 6) is 5.94. The number of amides is 1. The molecule has 1 amide bonds. The summed E-state index contributed by atoms with van der Waals surface area (Å²) >= 11 is 1.12. The Balaban J connectivity index is 1.54. The maximum atomic E-state index is 12.0. The maximum Gasteiger partial charge on any atom is 0.270 e. The summed E-state index contributed by atoms with van der Waals surface area (Å²) in [6.07, 6.45) is 1.39. The van der Waals surface area contributed by atoms with Crippen molar-refractivity contribution in [3.05, 3.63) is 70.3 Å². The zero-order valence-electron chi connectivity index (χ0n) is 14.9. The first-order chi connectivity index (χ1) is 14.0. The molecule has 0 unspecified atom stereocenters. The van der Waals surface area contributed by atoms with Crippen molar-refractivity contribution < 1.29 is 9.72 Å². The third-order valence-corrected chi connectivity index (χ3v) is 4.46. The zero-order valence-corrected chi connectivity index (χ0v) is 15.7. The largest absolute Gasteiger partial charge is 0.334 e. The number of hydrogen-bond donors (Lipinski definition) is 3. The number of rotatable bonds is 8. The van der Waals surface area contributed by atoms with Crippen molar-refractivity contribution in [2.45, 2.75) is 5.16 Å². The number of nitrogens with zero attached hydrogens (tertiary/aromatic N) is 5. The van der Waals surface area contributed by atoms with Crippen LogP contribution in [0.3, 0.4) is 0 Å². The number of hydrazone groups is 1. The summed E-state index contributed by atoms with van der Waals surface area (Å²) in [6.45, 7) is 0. The Kier molecular flexibility index (Phi) is 6.37. The average molecular weight is 412 g/mol. The van der Waals surface area contributed by atoms with Gasteiger partial charge in [0.25, 0.3) is 11.6 Å². The van der Waals surface area contributed by atoms with E-state index in [0.29, 0.717) is 16.4 Å². The number of aromatic nitrogens is 3. The molecule has 2 aromatic carbocycles. The van der Waals surface area contributed by atoms with Crippen LogP contribution in [0.4, 0.5) is 17.3 Å². The fourth-order valence-electron chi connectivity index (χ4n) is 2.18. The highest BCUT2D eigenvalue weighted by molar-refractivity contribution is 7.99. The highest BCUT2D eigenvalue weighted by atomic mass is 32.2. The molecule has 29 heavy (non-hydrogen) atoms. The molecule has 0 radical (unpaired) electrons. The number of non-ortho nitro benzene ring substituents is 1. The molecule has 0 saturated carbocycles. The molecule has 0 atom stereocenters. The topological polar surface area (TPSA) is 153 Å². The molecule has 3 aromatic rings. The molecule has 0 bridgehead atoms. The van der Waals surface area contributed by atoms with Crippen LogP contribution in [0.25, 0.3) is 0 Å². The van der Waals surface area contributed by atoms with Gasteiger partial charge in [-0.05, 0) is 12.1 Å². The summed E-state index contributed by atoms with van der Waals surface area (Å²) in [7, 11) is 0. The van der Waals surface area contributed by atoms with Crippen molar-refractivity contribution in [1.29, 1.82) is 0 Å². The minimum Gasteiger partial charge on any atom is -0.334 e. The highest BCUT2D eigenvalue weighted by Crippen LogP contribution is 2.17. The first-order valence-electron chi connectivity index (χ1n) is 8.24. The number of carbonyl (C=O) groups is 1. The van der Waals surface area contributed by atoms with E-state index >= 15 is 0 Å². The third-order valence-electron chi connectivity index (χ3n) is 3.51. The van der Waals surface area contributed by atoms with E-state index in [1.54, 1.807) is 24.3 Å². The number of para-hydroxylation sites is 1. The van der Waals surface area contributed by atoms with E-state index in [1.807, 2.05) is 18.2 Å². The van der Waals surface area contributed by atoms with Crippen molar-refractivity contribution in [2.75, 3.05) is 22.3 Å². The molecule has 11 nitrogen and oxygen atoms in total. The number of nitrogen functional groups attached to an aromatic ring is 1. The molecule has 1 heterocycles. The summed E-state index contributed by atoms with van der Waals surface area (Å²) in [6, 6.07) is 15.1. The zero-order chi connectivity index (χ0) is 20.6. The minimum atomic E-state index is -0.487. The quantitative estimate of drug-likeness (QED) is 0.167. The van der Waals surface area contributed by atoms with Gasteiger partial charge in [0.1, 0.15) is 0 Å². The predicted molar refractivity (Wildman–Crippen MR) is 110 cm³/mol. The molecule has 3 rings (SSSR count). The van der Waals surface area contributed by atoms with Gasteiger partial charge < -0.3 is 11.2 Å². The predicted octanol–water partition coefficient (Wildman–Crippen LogP) is 2.08. The van der Waals surface area contributed by atoms with E-state index in [2.05, 4.69) is 26.0 Å². The summed E-state index contributed by atoms with van der Waals surface area (Å²) in [4.78, 5) is 22.3. The van der Waals surface area contributed by atoms with Crippen LogP contribution in [0.2, 0.25) is 0 Å². The van der Waals surface area contributed by atoms with E-state index in [4.69, 9.17) is 5.84 Å². The lowest BCUT2D eigenvalue weighted by Gasteiger charge is -2.05. The van der Waals surface area contributed by atoms with E-state index < -0.39 is 4.92 Å². The minimum absolute atomic E-state index is 0.0385. The number of nitro benzene ring substituents is 1. The molecule has 4 N–H and O–H groups in total. The Bertz CT molecular complexity index is 1040. The van der Waals surface area contributed by atoms with Crippen LogP contribution in [0.1, 0.15) is 5.56 Å². The number of nitro groups is 1. The Morgan fingerprint density at radius 2 is 2.03 bits per heavy atom. The second-order valence-corrected chi connectivity index (χ2v) is 6.54. The van der Waals surface area contributed by atoms with Gasteiger partial charge in [-0.1, -0.05) is 42.1 Å². The number of hydrogen-bond acceptors (Lipinski definition) is 9. The van der Waals surface area contributed by atoms with E-state index in [9.17, 15) is 14.9 Å². The first kappa shape index (κ1) is 19.8. The van der Waals surface area contributed by atoms with Gasteiger partial charge in [0.2, 0.25) is 11.1 Å². The summed E-state index contributed by atoms with van der Waals surface area (Å²) in [5.41, 5.74) is 3.80. The molecule has 0 aliphatic carbocycles. The average Bonchev–Trinajstić information content (AvgIpc) is 3.07. The normalized spacial score (nSPS) is 10.8. The van der Waals surface area contributed by atoms with Gasteiger partial charge in [0.05, 0.1) is 16.9 Å². The number of thioether (sulfide) groups is 1. The maximum absolute atomic E-state index is 12.0. The van der Waals surface area contributed by atoms with Gasteiger partial charge in [-0.15, -0.1) is 10.2 Å². The lowest BCUT2D eigenvalue weighted by molar-refractivity contribution is -0.384. The second-order valence-electron chi connectivity index (χ2n) is 5.60. The van der Waals surface area contributed by atoms with Crippen molar-refractivity contribution in [1.82, 2.24) is 14.9 Å². The fourth-order valence-corrected chi connectivity index (χ4v) is 2.84. The van der Waals surface area contributed by atoms with Crippen LogP contribution in [-0.4, -0.2) is 37.7 Å². The van der Waals surface area contributed by atoms with Crippen molar-refractivity contribution >= 4 is 41.2 Å². The Hall–Kier alpha value is -3.93. The SMILES string of the molecule is Nn1c(N/N=C/c2cccc([N+](=O)[O-])c2)nnc1SCC(=O)Nc1ccccc1. The number of nitrogens with two attached hydrogens (primary N) is 1. The van der Waals surface area contributed by atoms with Gasteiger partial charge in [0, 0.05) is 23.4 Å². The first-order valence-corrected chi connectivity index (χ1v) is 9.23. The van der Waals surface area contributed by atoms with Gasteiger partial charge in [-0.2, -0.15) is 5.10 Å². The smallest absolute Gasteiger partial charge is 0.270 e. The van der Waals surface area contributed by atoms with Gasteiger partial charge in [-0.25, -0.2) is 10.1 Å². The molecule has 0 saturated heterocycles. The Morgan fingerprint density at radius 1 is 1.24 bits per heavy atom. The Labute approximate surface area is 169 Å². The van der Waals surface area contributed by atoms with Crippen LogP contribution in [-0.2, 0) is 4.79 Å². The Morgan fingerprint density at radius 3 is 2.79 bits per heavy atom. The molecule has 1 aromatic heterocycles. The third kappa shape index (κ3) is 5.52. The summed E-state index contributed by atoms with van der Waals surface area (Å²) in [5, 5.41) is 25.6. The number of benzene rings is 2. The standard InChI is InChI=1S/C17H16N8O3S/c18-24-16(21-19-10-12-5-4-8-14(9-12)25(27)28)22-23-17(24)29-11-15(26)20-13-6-2-1-3-7-13/h1-10H,11,18H2,(H,20,26)(H,21,22)/b19-10+. The summed E-state index contributed by atoms with van der Waals surface area (Å²) < 4.78 is 1.16. The molecular formula is C17H16N8O3S. The van der Waals surface area contributed by atoms with Crippen LogP contribution in [0.5, 0.6) is 0 Å². The molecular weight excluding hydrogens is 396 g/mol. The van der Waals surface area contributed by atoms with E-state index in [-0.39, 0.29) is 23.3 Å².